The molecule has 6 nitrogen and oxygen atoms in total. The lowest BCUT2D eigenvalue weighted by Crippen LogP contribution is -2.41. The summed E-state index contributed by atoms with van der Waals surface area (Å²) in [5, 5.41) is 1.16. The van der Waals surface area contributed by atoms with Gasteiger partial charge < -0.3 is 24.1 Å². The van der Waals surface area contributed by atoms with Crippen molar-refractivity contribution in [2.75, 3.05) is 40.5 Å². The number of carbonyl (C=O) groups is 1. The normalized spacial score (nSPS) is 15.1. The number of H-pyrrole nitrogens is 1. The van der Waals surface area contributed by atoms with Crippen LogP contribution in [0.25, 0.3) is 10.9 Å². The molecule has 1 N–H and O–H groups in total. The second-order valence-electron chi connectivity index (χ2n) is 7.80. The molecule has 1 saturated heterocycles. The van der Waals surface area contributed by atoms with E-state index in [0.29, 0.717) is 44.2 Å². The van der Waals surface area contributed by atoms with E-state index in [1.54, 1.807) is 14.2 Å². The van der Waals surface area contributed by atoms with Gasteiger partial charge in [-0.25, -0.2) is 0 Å². The van der Waals surface area contributed by atoms with Crippen molar-refractivity contribution in [1.82, 2.24) is 9.88 Å². The molecule has 0 radical (unpaired) electrons. The average molecular weight is 423 g/mol. The van der Waals surface area contributed by atoms with Gasteiger partial charge in [-0.15, -0.1) is 0 Å². The molecule has 3 aromatic rings. The van der Waals surface area contributed by atoms with Crippen LogP contribution in [0.3, 0.4) is 0 Å². The van der Waals surface area contributed by atoms with Gasteiger partial charge in [-0.05, 0) is 35.2 Å². The summed E-state index contributed by atoms with van der Waals surface area (Å²) >= 11 is 0. The molecule has 164 valence electrons. The van der Waals surface area contributed by atoms with Gasteiger partial charge >= 0.3 is 0 Å². The Morgan fingerprint density at radius 2 is 1.90 bits per heavy atom. The third-order valence-corrected chi connectivity index (χ3v) is 6.14. The number of aromatic nitrogens is 1. The van der Waals surface area contributed by atoms with E-state index < -0.39 is 0 Å². The van der Waals surface area contributed by atoms with E-state index in [0.717, 1.165) is 28.5 Å². The number of hydrogen-bond donors (Lipinski definition) is 1. The number of carbonyl (C=O) groups excluding carboxylic acids is 1. The van der Waals surface area contributed by atoms with Crippen molar-refractivity contribution in [3.63, 3.8) is 0 Å². The van der Waals surface area contributed by atoms with Gasteiger partial charge in [0, 0.05) is 42.5 Å². The third-order valence-electron chi connectivity index (χ3n) is 6.14. The molecule has 0 spiro atoms. The van der Waals surface area contributed by atoms with Crippen LogP contribution < -0.4 is 9.47 Å². The minimum Gasteiger partial charge on any atom is -0.493 e. The van der Waals surface area contributed by atoms with Crippen LogP contribution in [0.5, 0.6) is 11.5 Å². The summed E-state index contributed by atoms with van der Waals surface area (Å²) < 4.78 is 16.4. The maximum absolute atomic E-state index is 13.2. The van der Waals surface area contributed by atoms with Crippen molar-refractivity contribution in [3.05, 3.63) is 59.3 Å². The predicted octanol–water partition coefficient (Wildman–Crippen LogP) is 4.13. The van der Waals surface area contributed by atoms with E-state index in [1.165, 1.54) is 5.56 Å². The predicted molar refractivity (Wildman–Crippen MR) is 121 cm³/mol. The van der Waals surface area contributed by atoms with Gasteiger partial charge in [-0.3, -0.25) is 4.79 Å². The molecule has 6 heteroatoms. The zero-order valence-corrected chi connectivity index (χ0v) is 18.4. The molecular weight excluding hydrogens is 392 g/mol. The van der Waals surface area contributed by atoms with Gasteiger partial charge in [0.1, 0.15) is 0 Å². The van der Waals surface area contributed by atoms with Crippen molar-refractivity contribution in [3.8, 4) is 11.5 Å². The van der Waals surface area contributed by atoms with E-state index in [4.69, 9.17) is 14.2 Å². The Kier molecular flexibility index (Phi) is 6.47. The number of rotatable bonds is 7. The van der Waals surface area contributed by atoms with Gasteiger partial charge in [0.25, 0.3) is 0 Å². The van der Waals surface area contributed by atoms with E-state index in [2.05, 4.69) is 36.3 Å². The molecule has 4 rings (SSSR count). The van der Waals surface area contributed by atoms with Gasteiger partial charge in [0.15, 0.2) is 11.5 Å². The smallest absolute Gasteiger partial charge is 0.223 e. The third kappa shape index (κ3) is 4.26. The van der Waals surface area contributed by atoms with Crippen LogP contribution in [0.2, 0.25) is 0 Å². The molecule has 1 aromatic heterocycles. The Hall–Kier alpha value is -2.99. The molecule has 31 heavy (non-hydrogen) atoms. The topological polar surface area (TPSA) is 63.8 Å². The molecule has 1 aliphatic rings. The Morgan fingerprint density at radius 1 is 1.13 bits per heavy atom. The maximum atomic E-state index is 13.2. The summed E-state index contributed by atoms with van der Waals surface area (Å²) in [6.45, 7) is 4.64. The number of benzene rings is 2. The summed E-state index contributed by atoms with van der Waals surface area (Å²) in [5.74, 6) is 1.38. The average Bonchev–Trinajstić information content (AvgIpc) is 3.26. The molecule has 1 amide bonds. The number of fused-ring (bicyclic) bond motifs is 1. The Balaban J connectivity index is 1.77. The monoisotopic (exact) mass is 422 g/mol. The van der Waals surface area contributed by atoms with Crippen LogP contribution in [0.4, 0.5) is 0 Å². The fraction of sp³-hybridized carbons (Fsp3) is 0.400. The Bertz CT molecular complexity index is 1050. The lowest BCUT2D eigenvalue weighted by Gasteiger charge is -2.29. The largest absolute Gasteiger partial charge is 0.493 e. The Morgan fingerprint density at radius 3 is 2.61 bits per heavy atom. The number of hydrogen-bond acceptors (Lipinski definition) is 4. The first kappa shape index (κ1) is 21.2. The number of nitrogens with zero attached hydrogens (tertiary/aromatic N) is 1. The molecule has 1 atom stereocenters. The zero-order chi connectivity index (χ0) is 21.8. The highest BCUT2D eigenvalue weighted by Gasteiger charge is 2.26. The van der Waals surface area contributed by atoms with Crippen LogP contribution in [0, 0.1) is 0 Å². The number of aryl methyl sites for hydroxylation is 1. The summed E-state index contributed by atoms with van der Waals surface area (Å²) in [4.78, 5) is 18.6. The van der Waals surface area contributed by atoms with Crippen LogP contribution in [-0.2, 0) is 16.0 Å². The quantitative estimate of drug-likeness (QED) is 0.622. The molecular formula is C25H30N2O4. The first-order chi connectivity index (χ1) is 15.2. The number of ether oxygens (including phenoxy) is 3. The van der Waals surface area contributed by atoms with Crippen molar-refractivity contribution in [2.24, 2.45) is 0 Å². The van der Waals surface area contributed by atoms with E-state index in [9.17, 15) is 4.79 Å². The number of morpholine rings is 1. The number of amides is 1. The zero-order valence-electron chi connectivity index (χ0n) is 18.4. The van der Waals surface area contributed by atoms with Crippen molar-refractivity contribution < 1.29 is 19.0 Å². The van der Waals surface area contributed by atoms with Crippen LogP contribution >= 0.6 is 0 Å². The van der Waals surface area contributed by atoms with Crippen molar-refractivity contribution in [1.29, 1.82) is 0 Å². The van der Waals surface area contributed by atoms with Crippen LogP contribution in [0.1, 0.15) is 36.0 Å². The molecule has 1 aliphatic heterocycles. The van der Waals surface area contributed by atoms with E-state index >= 15 is 0 Å². The number of aromatic amines is 1. The highest BCUT2D eigenvalue weighted by atomic mass is 16.5. The van der Waals surface area contributed by atoms with E-state index in [1.807, 2.05) is 23.1 Å². The number of para-hydroxylation sites is 1. The van der Waals surface area contributed by atoms with Gasteiger partial charge in [0.05, 0.1) is 27.4 Å². The highest BCUT2D eigenvalue weighted by Crippen LogP contribution is 2.38. The van der Waals surface area contributed by atoms with Crippen LogP contribution in [0.15, 0.2) is 42.6 Å². The molecule has 1 fully saturated rings. The van der Waals surface area contributed by atoms with Crippen molar-refractivity contribution >= 4 is 16.8 Å². The fourth-order valence-electron chi connectivity index (χ4n) is 4.42. The summed E-state index contributed by atoms with van der Waals surface area (Å²) in [6.07, 6.45) is 3.39. The molecule has 0 unspecified atom stereocenters. The fourth-order valence-corrected chi connectivity index (χ4v) is 4.42. The molecule has 2 heterocycles. The van der Waals surface area contributed by atoms with Gasteiger partial charge in [-0.2, -0.15) is 0 Å². The first-order valence-corrected chi connectivity index (χ1v) is 10.8. The molecule has 0 bridgehead atoms. The SMILES string of the molecule is CCc1cccc2c([C@H](CC(=O)N3CCOCC3)c3ccc(OC)c(OC)c3)c[nH]c12. The summed E-state index contributed by atoms with van der Waals surface area (Å²) in [5.41, 5.74) is 4.57. The van der Waals surface area contributed by atoms with Gasteiger partial charge in [-0.1, -0.05) is 31.2 Å². The lowest BCUT2D eigenvalue weighted by atomic mass is 9.87. The maximum Gasteiger partial charge on any atom is 0.223 e. The second-order valence-corrected chi connectivity index (χ2v) is 7.80. The number of methoxy groups -OCH3 is 2. The second kappa shape index (κ2) is 9.43. The molecule has 0 saturated carbocycles. The highest BCUT2D eigenvalue weighted by molar-refractivity contribution is 5.88. The van der Waals surface area contributed by atoms with E-state index in [-0.39, 0.29) is 11.8 Å². The molecule has 0 aliphatic carbocycles. The summed E-state index contributed by atoms with van der Waals surface area (Å²) in [6, 6.07) is 12.3. The Labute approximate surface area is 183 Å². The minimum atomic E-state index is -0.101. The molecule has 2 aromatic carbocycles. The van der Waals surface area contributed by atoms with Crippen LogP contribution in [-0.4, -0.2) is 56.3 Å². The first-order valence-electron chi connectivity index (χ1n) is 10.8. The standard InChI is InChI=1S/C25H30N2O4/c1-4-17-6-5-7-19-21(16-26-25(17)19)20(15-24(28)27-10-12-31-13-11-27)18-8-9-22(29-2)23(14-18)30-3/h5-9,14,16,20,26H,4,10-13,15H2,1-3H3/t20-/m1/s1. The van der Waals surface area contributed by atoms with Gasteiger partial charge in [0.2, 0.25) is 5.91 Å². The minimum absolute atomic E-state index is 0.101. The van der Waals surface area contributed by atoms with Crippen molar-refractivity contribution in [2.45, 2.75) is 25.7 Å². The lowest BCUT2D eigenvalue weighted by molar-refractivity contribution is -0.135. The number of nitrogens with one attached hydrogen (secondary N) is 1. The summed E-state index contributed by atoms with van der Waals surface area (Å²) in [7, 11) is 3.26.